The molecule has 1 aliphatic rings. The number of nitrogens with zero attached hydrogens (tertiary/aromatic N) is 1. The third-order valence-corrected chi connectivity index (χ3v) is 4.01. The van der Waals surface area contributed by atoms with Gasteiger partial charge in [-0.15, -0.1) is 11.3 Å². The summed E-state index contributed by atoms with van der Waals surface area (Å²) in [6, 6.07) is 0. The van der Waals surface area contributed by atoms with Gasteiger partial charge in [0.1, 0.15) is 0 Å². The third-order valence-electron chi connectivity index (χ3n) is 3.02. The molecule has 0 aliphatic heterocycles. The average Bonchev–Trinajstić information content (AvgIpc) is 2.82. The minimum atomic E-state index is 0.288. The second-order valence-electron chi connectivity index (χ2n) is 4.02. The highest BCUT2D eigenvalue weighted by Crippen LogP contribution is 2.49. The molecule has 72 valence electrons. The van der Waals surface area contributed by atoms with E-state index in [0.29, 0.717) is 6.61 Å². The number of aryl methyl sites for hydroxylation is 2. The molecule has 1 aliphatic carbocycles. The Bertz CT molecular complexity index is 291. The minimum absolute atomic E-state index is 0.288. The Morgan fingerprint density at radius 1 is 1.62 bits per heavy atom. The Morgan fingerprint density at radius 2 is 2.38 bits per heavy atom. The number of rotatable bonds is 4. The molecule has 0 saturated heterocycles. The van der Waals surface area contributed by atoms with Gasteiger partial charge >= 0.3 is 0 Å². The number of aromatic nitrogens is 1. The molecular weight excluding hydrogens is 182 g/mol. The molecule has 0 atom stereocenters. The number of thiazole rings is 1. The van der Waals surface area contributed by atoms with E-state index in [9.17, 15) is 0 Å². The van der Waals surface area contributed by atoms with Crippen LogP contribution in [-0.4, -0.2) is 16.7 Å². The molecule has 2 nitrogen and oxygen atoms in total. The number of aliphatic hydroxyl groups excluding tert-OH is 1. The summed E-state index contributed by atoms with van der Waals surface area (Å²) in [6.45, 7) is 2.43. The van der Waals surface area contributed by atoms with Crippen molar-refractivity contribution < 1.29 is 5.11 Å². The van der Waals surface area contributed by atoms with Crippen LogP contribution in [0.5, 0.6) is 0 Å². The largest absolute Gasteiger partial charge is 0.396 e. The Balaban J connectivity index is 1.90. The van der Waals surface area contributed by atoms with Crippen molar-refractivity contribution in [2.75, 3.05) is 6.61 Å². The fraction of sp³-hybridized carbons (Fsp3) is 0.700. The summed E-state index contributed by atoms with van der Waals surface area (Å²) < 4.78 is 0. The van der Waals surface area contributed by atoms with Gasteiger partial charge in [0, 0.05) is 11.5 Å². The smallest absolute Gasteiger partial charge is 0.0797 e. The standard InChI is InChI=1S/C10H15NOS/c1-8-9(13-7-11-8)2-3-10(6-12)4-5-10/h7,12H,2-6H2,1H3. The van der Waals surface area contributed by atoms with E-state index in [2.05, 4.69) is 11.9 Å². The second-order valence-corrected chi connectivity index (χ2v) is 4.96. The van der Waals surface area contributed by atoms with E-state index in [0.717, 1.165) is 12.8 Å². The van der Waals surface area contributed by atoms with Crippen molar-refractivity contribution in [2.45, 2.75) is 32.6 Å². The first-order chi connectivity index (χ1) is 6.26. The molecular formula is C10H15NOS. The topological polar surface area (TPSA) is 33.1 Å². The zero-order valence-corrected chi connectivity index (χ0v) is 8.73. The van der Waals surface area contributed by atoms with Gasteiger partial charge in [0.05, 0.1) is 11.2 Å². The molecule has 0 bridgehead atoms. The van der Waals surface area contributed by atoms with Crippen LogP contribution in [0, 0.1) is 12.3 Å². The molecule has 1 saturated carbocycles. The van der Waals surface area contributed by atoms with Gasteiger partial charge in [0.25, 0.3) is 0 Å². The highest BCUT2D eigenvalue weighted by Gasteiger charge is 2.41. The first kappa shape index (κ1) is 9.16. The molecule has 0 spiro atoms. The predicted octanol–water partition coefficient (Wildman–Crippen LogP) is 2.16. The van der Waals surface area contributed by atoms with E-state index in [4.69, 9.17) is 5.11 Å². The Hall–Kier alpha value is -0.410. The zero-order valence-electron chi connectivity index (χ0n) is 7.92. The van der Waals surface area contributed by atoms with Gasteiger partial charge in [0.15, 0.2) is 0 Å². The fourth-order valence-electron chi connectivity index (χ4n) is 1.61. The van der Waals surface area contributed by atoms with E-state index >= 15 is 0 Å². The summed E-state index contributed by atoms with van der Waals surface area (Å²) in [5, 5.41) is 9.14. The van der Waals surface area contributed by atoms with Gasteiger partial charge in [-0.3, -0.25) is 0 Å². The lowest BCUT2D eigenvalue weighted by atomic mass is 10.0. The predicted molar refractivity (Wildman–Crippen MR) is 53.9 cm³/mol. The molecule has 1 aromatic rings. The molecule has 2 rings (SSSR count). The lowest BCUT2D eigenvalue weighted by molar-refractivity contribution is 0.203. The fourth-order valence-corrected chi connectivity index (χ4v) is 2.39. The van der Waals surface area contributed by atoms with Crippen LogP contribution in [0.3, 0.4) is 0 Å². The quantitative estimate of drug-likeness (QED) is 0.802. The minimum Gasteiger partial charge on any atom is -0.396 e. The Kier molecular flexibility index (Phi) is 2.39. The lowest BCUT2D eigenvalue weighted by Gasteiger charge is -2.09. The van der Waals surface area contributed by atoms with Crippen LogP contribution in [0.4, 0.5) is 0 Å². The molecule has 1 N–H and O–H groups in total. The highest BCUT2D eigenvalue weighted by molar-refractivity contribution is 7.09. The zero-order chi connectivity index (χ0) is 9.31. The van der Waals surface area contributed by atoms with Crippen LogP contribution in [-0.2, 0) is 6.42 Å². The Morgan fingerprint density at radius 3 is 2.85 bits per heavy atom. The molecule has 3 heteroatoms. The van der Waals surface area contributed by atoms with Crippen LogP contribution >= 0.6 is 11.3 Å². The molecule has 0 unspecified atom stereocenters. The summed E-state index contributed by atoms with van der Waals surface area (Å²) in [6.07, 6.45) is 4.65. The van der Waals surface area contributed by atoms with E-state index in [-0.39, 0.29) is 5.41 Å². The monoisotopic (exact) mass is 197 g/mol. The van der Waals surface area contributed by atoms with Crippen LogP contribution in [0.15, 0.2) is 5.51 Å². The van der Waals surface area contributed by atoms with E-state index < -0.39 is 0 Å². The lowest BCUT2D eigenvalue weighted by Crippen LogP contribution is -2.07. The van der Waals surface area contributed by atoms with Crippen molar-refractivity contribution in [1.29, 1.82) is 0 Å². The van der Waals surface area contributed by atoms with Crippen molar-refractivity contribution >= 4 is 11.3 Å². The van der Waals surface area contributed by atoms with Gasteiger partial charge in [-0.05, 0) is 38.0 Å². The molecule has 1 heterocycles. The van der Waals surface area contributed by atoms with Gasteiger partial charge in [0.2, 0.25) is 0 Å². The number of aliphatic hydroxyl groups is 1. The van der Waals surface area contributed by atoms with E-state index in [1.54, 1.807) is 11.3 Å². The van der Waals surface area contributed by atoms with E-state index in [1.807, 2.05) is 5.51 Å². The summed E-state index contributed by atoms with van der Waals surface area (Å²) in [7, 11) is 0. The van der Waals surface area contributed by atoms with Crippen molar-refractivity contribution in [3.8, 4) is 0 Å². The van der Waals surface area contributed by atoms with Crippen molar-refractivity contribution in [2.24, 2.45) is 5.41 Å². The van der Waals surface area contributed by atoms with Gasteiger partial charge < -0.3 is 5.11 Å². The van der Waals surface area contributed by atoms with Crippen LogP contribution in [0.2, 0.25) is 0 Å². The first-order valence-electron chi connectivity index (χ1n) is 4.76. The molecule has 1 fully saturated rings. The average molecular weight is 197 g/mol. The summed E-state index contributed by atoms with van der Waals surface area (Å²) in [4.78, 5) is 5.61. The number of hydrogen-bond donors (Lipinski definition) is 1. The molecule has 0 radical (unpaired) electrons. The summed E-state index contributed by atoms with van der Waals surface area (Å²) >= 11 is 1.74. The van der Waals surface area contributed by atoms with Gasteiger partial charge in [-0.25, -0.2) is 4.98 Å². The second kappa shape index (κ2) is 3.39. The Labute approximate surface area is 82.6 Å². The van der Waals surface area contributed by atoms with E-state index in [1.165, 1.54) is 23.4 Å². The maximum Gasteiger partial charge on any atom is 0.0797 e. The molecule has 13 heavy (non-hydrogen) atoms. The SMILES string of the molecule is Cc1ncsc1CCC1(CO)CC1. The van der Waals surface area contributed by atoms with Gasteiger partial charge in [-0.1, -0.05) is 0 Å². The summed E-state index contributed by atoms with van der Waals surface area (Å²) in [5.41, 5.74) is 3.36. The summed E-state index contributed by atoms with van der Waals surface area (Å²) in [5.74, 6) is 0. The molecule has 0 amide bonds. The van der Waals surface area contributed by atoms with Crippen LogP contribution < -0.4 is 0 Å². The van der Waals surface area contributed by atoms with Crippen molar-refractivity contribution in [3.05, 3.63) is 16.1 Å². The maximum atomic E-state index is 9.14. The first-order valence-corrected chi connectivity index (χ1v) is 5.64. The maximum absolute atomic E-state index is 9.14. The number of hydrogen-bond acceptors (Lipinski definition) is 3. The van der Waals surface area contributed by atoms with Crippen molar-refractivity contribution in [3.63, 3.8) is 0 Å². The molecule has 1 aromatic heterocycles. The third kappa shape index (κ3) is 1.92. The van der Waals surface area contributed by atoms with Gasteiger partial charge in [-0.2, -0.15) is 0 Å². The van der Waals surface area contributed by atoms with Crippen LogP contribution in [0.25, 0.3) is 0 Å². The normalized spacial score (nSPS) is 18.9. The van der Waals surface area contributed by atoms with Crippen LogP contribution in [0.1, 0.15) is 29.8 Å². The highest BCUT2D eigenvalue weighted by atomic mass is 32.1. The molecule has 0 aromatic carbocycles. The van der Waals surface area contributed by atoms with Crippen molar-refractivity contribution in [1.82, 2.24) is 4.98 Å².